The van der Waals surface area contributed by atoms with Gasteiger partial charge in [0, 0.05) is 23.8 Å². The lowest BCUT2D eigenvalue weighted by Gasteiger charge is -2.18. The summed E-state index contributed by atoms with van der Waals surface area (Å²) >= 11 is 15.1. The zero-order chi connectivity index (χ0) is 15.4. The maximum Gasteiger partial charge on any atom is 0.321 e. The van der Waals surface area contributed by atoms with E-state index < -0.39 is 0 Å². The summed E-state index contributed by atoms with van der Waals surface area (Å²) < 4.78 is 1.01. The third-order valence-electron chi connectivity index (χ3n) is 2.85. The minimum absolute atomic E-state index is 0.212. The third kappa shape index (κ3) is 4.63. The number of amides is 2. The first-order valence-electron chi connectivity index (χ1n) is 6.17. The van der Waals surface area contributed by atoms with Crippen molar-refractivity contribution >= 4 is 50.9 Å². The molecule has 0 radical (unpaired) electrons. The van der Waals surface area contributed by atoms with Gasteiger partial charge in [-0.15, -0.1) is 0 Å². The van der Waals surface area contributed by atoms with E-state index in [1.807, 2.05) is 24.3 Å². The standard InChI is InChI=1S/C15H13BrCl2N2O/c1-20(9-10-2-4-11(16)5-3-10)15(21)19-12-6-7-13(17)14(18)8-12/h2-8H,9H2,1H3,(H,19,21). The molecule has 0 heterocycles. The Kier molecular flexibility index (Phi) is 5.51. The Labute approximate surface area is 142 Å². The van der Waals surface area contributed by atoms with Crippen LogP contribution in [0, 0.1) is 0 Å². The second-order valence-electron chi connectivity index (χ2n) is 4.54. The molecule has 6 heteroatoms. The molecule has 0 spiro atoms. The molecule has 2 amide bonds. The largest absolute Gasteiger partial charge is 0.323 e. The van der Waals surface area contributed by atoms with E-state index in [1.54, 1.807) is 30.1 Å². The van der Waals surface area contributed by atoms with Crippen molar-refractivity contribution in [3.8, 4) is 0 Å². The number of hydrogen-bond acceptors (Lipinski definition) is 1. The molecule has 2 aromatic rings. The second-order valence-corrected chi connectivity index (χ2v) is 6.27. The van der Waals surface area contributed by atoms with E-state index in [9.17, 15) is 4.79 Å². The zero-order valence-corrected chi connectivity index (χ0v) is 14.3. The van der Waals surface area contributed by atoms with Crippen LogP contribution in [0.2, 0.25) is 10.0 Å². The van der Waals surface area contributed by atoms with Crippen LogP contribution in [-0.4, -0.2) is 18.0 Å². The highest BCUT2D eigenvalue weighted by Crippen LogP contribution is 2.25. The van der Waals surface area contributed by atoms with Gasteiger partial charge in [-0.1, -0.05) is 51.3 Å². The maximum atomic E-state index is 12.1. The molecule has 110 valence electrons. The summed E-state index contributed by atoms with van der Waals surface area (Å²) in [6.07, 6.45) is 0. The minimum atomic E-state index is -0.212. The first kappa shape index (κ1) is 16.1. The van der Waals surface area contributed by atoms with Crippen molar-refractivity contribution in [2.24, 2.45) is 0 Å². The average Bonchev–Trinajstić information content (AvgIpc) is 2.45. The smallest absolute Gasteiger partial charge is 0.321 e. The number of anilines is 1. The lowest BCUT2D eigenvalue weighted by atomic mass is 10.2. The van der Waals surface area contributed by atoms with Crippen molar-refractivity contribution in [2.45, 2.75) is 6.54 Å². The van der Waals surface area contributed by atoms with Crippen LogP contribution in [0.15, 0.2) is 46.9 Å². The predicted octanol–water partition coefficient (Wildman–Crippen LogP) is 5.42. The van der Waals surface area contributed by atoms with Gasteiger partial charge in [-0.3, -0.25) is 0 Å². The van der Waals surface area contributed by atoms with Crippen molar-refractivity contribution in [3.63, 3.8) is 0 Å². The number of urea groups is 1. The third-order valence-corrected chi connectivity index (χ3v) is 4.12. The van der Waals surface area contributed by atoms with Gasteiger partial charge >= 0.3 is 6.03 Å². The monoisotopic (exact) mass is 386 g/mol. The van der Waals surface area contributed by atoms with Gasteiger partial charge in [0.1, 0.15) is 0 Å². The normalized spacial score (nSPS) is 10.3. The van der Waals surface area contributed by atoms with Gasteiger partial charge < -0.3 is 10.2 Å². The van der Waals surface area contributed by atoms with E-state index >= 15 is 0 Å². The van der Waals surface area contributed by atoms with E-state index in [-0.39, 0.29) is 6.03 Å². The number of carbonyl (C=O) groups is 1. The number of nitrogens with one attached hydrogen (secondary N) is 1. The second kappa shape index (κ2) is 7.16. The molecule has 1 N–H and O–H groups in total. The molecule has 0 saturated carbocycles. The van der Waals surface area contributed by atoms with Gasteiger partial charge in [0.25, 0.3) is 0 Å². The number of benzene rings is 2. The highest BCUT2D eigenvalue weighted by Gasteiger charge is 2.10. The summed E-state index contributed by atoms with van der Waals surface area (Å²) in [6, 6.07) is 12.6. The lowest BCUT2D eigenvalue weighted by molar-refractivity contribution is 0.220. The van der Waals surface area contributed by atoms with Crippen LogP contribution >= 0.6 is 39.1 Å². The van der Waals surface area contributed by atoms with Gasteiger partial charge in [0.2, 0.25) is 0 Å². The molecule has 0 aliphatic carbocycles. The Morgan fingerprint density at radius 2 is 1.81 bits per heavy atom. The highest BCUT2D eigenvalue weighted by atomic mass is 79.9. The van der Waals surface area contributed by atoms with Gasteiger partial charge in [-0.25, -0.2) is 4.79 Å². The first-order valence-corrected chi connectivity index (χ1v) is 7.72. The molecule has 3 nitrogen and oxygen atoms in total. The van der Waals surface area contributed by atoms with E-state index in [0.29, 0.717) is 22.3 Å². The fourth-order valence-electron chi connectivity index (χ4n) is 1.73. The fraction of sp³-hybridized carbons (Fsp3) is 0.133. The van der Waals surface area contributed by atoms with Gasteiger partial charge in [0.15, 0.2) is 0 Å². The molecule has 0 fully saturated rings. The van der Waals surface area contributed by atoms with Crippen LogP contribution in [0.1, 0.15) is 5.56 Å². The number of hydrogen-bond donors (Lipinski definition) is 1. The van der Waals surface area contributed by atoms with Crippen LogP contribution < -0.4 is 5.32 Å². The van der Waals surface area contributed by atoms with Gasteiger partial charge in [-0.2, -0.15) is 0 Å². The number of nitrogens with zero attached hydrogens (tertiary/aromatic N) is 1. The first-order chi connectivity index (χ1) is 9.95. The number of rotatable bonds is 3. The summed E-state index contributed by atoms with van der Waals surface area (Å²) in [6.45, 7) is 0.514. The molecule has 0 aromatic heterocycles. The molecule has 2 aromatic carbocycles. The Balaban J connectivity index is 1.98. The van der Waals surface area contributed by atoms with Gasteiger partial charge in [-0.05, 0) is 35.9 Å². The van der Waals surface area contributed by atoms with Crippen LogP contribution in [-0.2, 0) is 6.54 Å². The van der Waals surface area contributed by atoms with E-state index in [2.05, 4.69) is 21.2 Å². The molecule has 0 bridgehead atoms. The van der Waals surface area contributed by atoms with Crippen molar-refractivity contribution < 1.29 is 4.79 Å². The molecule has 21 heavy (non-hydrogen) atoms. The molecule has 0 aliphatic heterocycles. The van der Waals surface area contributed by atoms with E-state index in [0.717, 1.165) is 10.0 Å². The topological polar surface area (TPSA) is 32.3 Å². The lowest BCUT2D eigenvalue weighted by Crippen LogP contribution is -2.30. The highest BCUT2D eigenvalue weighted by molar-refractivity contribution is 9.10. The van der Waals surface area contributed by atoms with Crippen LogP contribution in [0.4, 0.5) is 10.5 Å². The summed E-state index contributed by atoms with van der Waals surface area (Å²) in [4.78, 5) is 13.7. The summed E-state index contributed by atoms with van der Waals surface area (Å²) in [5, 5.41) is 3.64. The van der Waals surface area contributed by atoms with Crippen LogP contribution in [0.5, 0.6) is 0 Å². The van der Waals surface area contributed by atoms with Crippen molar-refractivity contribution in [1.29, 1.82) is 0 Å². The molecule has 2 rings (SSSR count). The summed E-state index contributed by atoms with van der Waals surface area (Å²) in [7, 11) is 1.73. The molecule has 0 aliphatic rings. The Bertz CT molecular complexity index is 647. The van der Waals surface area contributed by atoms with Crippen LogP contribution in [0.3, 0.4) is 0 Å². The quantitative estimate of drug-likeness (QED) is 0.749. The Morgan fingerprint density at radius 3 is 2.43 bits per heavy atom. The molecular formula is C15H13BrCl2N2O. The molecule has 0 unspecified atom stereocenters. The van der Waals surface area contributed by atoms with Gasteiger partial charge in [0.05, 0.1) is 10.0 Å². The molecule has 0 saturated heterocycles. The Hall–Kier alpha value is -1.23. The summed E-state index contributed by atoms with van der Waals surface area (Å²) in [5.74, 6) is 0. The number of halogens is 3. The SMILES string of the molecule is CN(Cc1ccc(Br)cc1)C(=O)Nc1ccc(Cl)c(Cl)c1. The van der Waals surface area contributed by atoms with E-state index in [1.165, 1.54) is 0 Å². The maximum absolute atomic E-state index is 12.1. The minimum Gasteiger partial charge on any atom is -0.323 e. The molecular weight excluding hydrogens is 375 g/mol. The summed E-state index contributed by atoms with van der Waals surface area (Å²) in [5.41, 5.74) is 1.65. The fourth-order valence-corrected chi connectivity index (χ4v) is 2.29. The average molecular weight is 388 g/mol. The van der Waals surface area contributed by atoms with E-state index in [4.69, 9.17) is 23.2 Å². The zero-order valence-electron chi connectivity index (χ0n) is 11.2. The molecule has 0 atom stereocenters. The van der Waals surface area contributed by atoms with Crippen molar-refractivity contribution in [1.82, 2.24) is 4.90 Å². The van der Waals surface area contributed by atoms with Crippen LogP contribution in [0.25, 0.3) is 0 Å². The number of carbonyl (C=O) groups excluding carboxylic acids is 1. The van der Waals surface area contributed by atoms with Crippen molar-refractivity contribution in [3.05, 3.63) is 62.5 Å². The van der Waals surface area contributed by atoms with Crippen molar-refractivity contribution in [2.75, 3.05) is 12.4 Å². The Morgan fingerprint density at radius 1 is 1.14 bits per heavy atom. The predicted molar refractivity (Wildman–Crippen MR) is 91.1 cm³/mol.